The standard InChI is InChI=1S/C14H22N2O2/c1-14(2,8-10-17)16-13(18)12-5-3-11(4-6-12)7-9-15/h3-6,17H,7-10,15H2,1-2H3,(H,16,18). The summed E-state index contributed by atoms with van der Waals surface area (Å²) in [4.78, 5) is 12.0. The van der Waals surface area contributed by atoms with Gasteiger partial charge in [0.15, 0.2) is 0 Å². The van der Waals surface area contributed by atoms with E-state index in [9.17, 15) is 4.79 Å². The van der Waals surface area contributed by atoms with E-state index in [-0.39, 0.29) is 12.5 Å². The Morgan fingerprint density at radius 1 is 1.33 bits per heavy atom. The monoisotopic (exact) mass is 250 g/mol. The minimum absolute atomic E-state index is 0.0583. The third-order valence-electron chi connectivity index (χ3n) is 2.84. The van der Waals surface area contributed by atoms with Crippen LogP contribution in [0, 0.1) is 0 Å². The number of carbonyl (C=O) groups excluding carboxylic acids is 1. The number of hydrogen-bond acceptors (Lipinski definition) is 3. The third kappa shape index (κ3) is 4.47. The molecule has 0 heterocycles. The highest BCUT2D eigenvalue weighted by molar-refractivity contribution is 5.94. The third-order valence-corrected chi connectivity index (χ3v) is 2.84. The molecule has 0 spiro atoms. The summed E-state index contributed by atoms with van der Waals surface area (Å²) in [6.07, 6.45) is 1.35. The number of rotatable bonds is 6. The number of carbonyl (C=O) groups is 1. The van der Waals surface area contributed by atoms with Gasteiger partial charge in [-0.3, -0.25) is 4.79 Å². The van der Waals surface area contributed by atoms with E-state index in [1.54, 1.807) is 12.1 Å². The maximum Gasteiger partial charge on any atom is 0.251 e. The highest BCUT2D eigenvalue weighted by Gasteiger charge is 2.20. The molecular weight excluding hydrogens is 228 g/mol. The van der Waals surface area contributed by atoms with Gasteiger partial charge in [-0.15, -0.1) is 0 Å². The molecule has 4 heteroatoms. The zero-order valence-corrected chi connectivity index (χ0v) is 11.1. The van der Waals surface area contributed by atoms with E-state index < -0.39 is 5.54 Å². The van der Waals surface area contributed by atoms with Crippen LogP contribution in [0.5, 0.6) is 0 Å². The lowest BCUT2D eigenvalue weighted by molar-refractivity contribution is 0.0899. The van der Waals surface area contributed by atoms with Crippen LogP contribution in [0.2, 0.25) is 0 Å². The van der Waals surface area contributed by atoms with Gasteiger partial charge in [0.25, 0.3) is 5.91 Å². The van der Waals surface area contributed by atoms with E-state index in [0.717, 1.165) is 12.0 Å². The fraction of sp³-hybridized carbons (Fsp3) is 0.500. The second-order valence-electron chi connectivity index (χ2n) is 5.05. The van der Waals surface area contributed by atoms with Gasteiger partial charge in [0.1, 0.15) is 0 Å². The van der Waals surface area contributed by atoms with Crippen LogP contribution in [0.25, 0.3) is 0 Å². The van der Waals surface area contributed by atoms with Gasteiger partial charge in [-0.25, -0.2) is 0 Å². The van der Waals surface area contributed by atoms with E-state index in [2.05, 4.69) is 5.32 Å². The number of amides is 1. The van der Waals surface area contributed by atoms with Crippen molar-refractivity contribution >= 4 is 5.91 Å². The minimum atomic E-state index is -0.401. The van der Waals surface area contributed by atoms with Crippen LogP contribution in [-0.2, 0) is 6.42 Å². The summed E-state index contributed by atoms with van der Waals surface area (Å²) in [5, 5.41) is 11.8. The summed E-state index contributed by atoms with van der Waals surface area (Å²) in [5.41, 5.74) is 6.83. The van der Waals surface area contributed by atoms with Gasteiger partial charge >= 0.3 is 0 Å². The van der Waals surface area contributed by atoms with Crippen LogP contribution in [0.15, 0.2) is 24.3 Å². The van der Waals surface area contributed by atoms with Gasteiger partial charge in [-0.05, 0) is 50.9 Å². The molecule has 100 valence electrons. The zero-order valence-electron chi connectivity index (χ0n) is 11.1. The lowest BCUT2D eigenvalue weighted by atomic mass is 10.0. The molecule has 0 atom stereocenters. The van der Waals surface area contributed by atoms with E-state index in [4.69, 9.17) is 10.8 Å². The Morgan fingerprint density at radius 2 is 1.94 bits per heavy atom. The molecule has 0 unspecified atom stereocenters. The number of nitrogens with one attached hydrogen (secondary N) is 1. The smallest absolute Gasteiger partial charge is 0.251 e. The first kappa shape index (κ1) is 14.7. The van der Waals surface area contributed by atoms with Gasteiger partial charge in [0.05, 0.1) is 0 Å². The summed E-state index contributed by atoms with van der Waals surface area (Å²) >= 11 is 0. The van der Waals surface area contributed by atoms with Crippen molar-refractivity contribution in [2.75, 3.05) is 13.2 Å². The molecule has 0 saturated heterocycles. The summed E-state index contributed by atoms with van der Waals surface area (Å²) in [5.74, 6) is -0.118. The normalized spacial score (nSPS) is 11.3. The molecule has 1 aromatic rings. The number of nitrogens with two attached hydrogens (primary N) is 1. The second-order valence-corrected chi connectivity index (χ2v) is 5.05. The van der Waals surface area contributed by atoms with Crippen LogP contribution in [0.1, 0.15) is 36.2 Å². The molecule has 4 N–H and O–H groups in total. The van der Waals surface area contributed by atoms with Crippen LogP contribution >= 0.6 is 0 Å². The summed E-state index contributed by atoms with van der Waals surface area (Å²) in [7, 11) is 0. The Hall–Kier alpha value is -1.39. The average Bonchev–Trinajstić information content (AvgIpc) is 2.29. The molecule has 0 aliphatic rings. The molecule has 4 nitrogen and oxygen atoms in total. The number of hydrogen-bond donors (Lipinski definition) is 3. The lowest BCUT2D eigenvalue weighted by Gasteiger charge is -2.25. The van der Waals surface area contributed by atoms with Gasteiger partial charge in [-0.2, -0.15) is 0 Å². The Bertz CT molecular complexity index is 385. The lowest BCUT2D eigenvalue weighted by Crippen LogP contribution is -2.44. The van der Waals surface area contributed by atoms with Crippen LogP contribution in [-0.4, -0.2) is 29.7 Å². The van der Waals surface area contributed by atoms with Crippen molar-refractivity contribution in [3.8, 4) is 0 Å². The minimum Gasteiger partial charge on any atom is -0.396 e. The van der Waals surface area contributed by atoms with Crippen LogP contribution in [0.4, 0.5) is 0 Å². The quantitative estimate of drug-likeness (QED) is 0.707. The van der Waals surface area contributed by atoms with Crippen molar-refractivity contribution in [3.05, 3.63) is 35.4 Å². The zero-order chi connectivity index (χ0) is 13.6. The van der Waals surface area contributed by atoms with Crippen molar-refractivity contribution in [2.45, 2.75) is 32.2 Å². The van der Waals surface area contributed by atoms with Gasteiger partial charge < -0.3 is 16.2 Å². The van der Waals surface area contributed by atoms with Crippen molar-refractivity contribution in [3.63, 3.8) is 0 Å². The molecule has 0 aliphatic heterocycles. The maximum absolute atomic E-state index is 12.0. The van der Waals surface area contributed by atoms with Crippen LogP contribution in [0.3, 0.4) is 0 Å². The van der Waals surface area contributed by atoms with Crippen molar-refractivity contribution in [1.29, 1.82) is 0 Å². The molecule has 0 fully saturated rings. The topological polar surface area (TPSA) is 75.3 Å². The molecule has 0 bridgehead atoms. The van der Waals surface area contributed by atoms with E-state index in [0.29, 0.717) is 18.5 Å². The summed E-state index contributed by atoms with van der Waals surface area (Å²) < 4.78 is 0. The Kier molecular flexibility index (Phi) is 5.31. The first-order chi connectivity index (χ1) is 8.48. The molecule has 0 saturated carbocycles. The first-order valence-corrected chi connectivity index (χ1v) is 6.21. The van der Waals surface area contributed by atoms with Crippen LogP contribution < -0.4 is 11.1 Å². The predicted molar refractivity (Wildman–Crippen MR) is 72.4 cm³/mol. The second kappa shape index (κ2) is 6.52. The molecule has 18 heavy (non-hydrogen) atoms. The molecule has 0 aromatic heterocycles. The first-order valence-electron chi connectivity index (χ1n) is 6.21. The van der Waals surface area contributed by atoms with Gasteiger partial charge in [0, 0.05) is 17.7 Å². The van der Waals surface area contributed by atoms with E-state index in [1.807, 2.05) is 26.0 Å². The molecule has 1 rings (SSSR count). The highest BCUT2D eigenvalue weighted by Crippen LogP contribution is 2.10. The number of aliphatic hydroxyl groups excluding tert-OH is 1. The molecule has 0 radical (unpaired) electrons. The Labute approximate surface area is 108 Å². The fourth-order valence-electron chi connectivity index (χ4n) is 1.71. The number of benzene rings is 1. The SMILES string of the molecule is CC(C)(CCO)NC(=O)c1ccc(CCN)cc1. The molecular formula is C14H22N2O2. The maximum atomic E-state index is 12.0. The fourth-order valence-corrected chi connectivity index (χ4v) is 1.71. The van der Waals surface area contributed by atoms with E-state index in [1.165, 1.54) is 0 Å². The number of aliphatic hydroxyl groups is 1. The van der Waals surface area contributed by atoms with E-state index >= 15 is 0 Å². The molecule has 1 aromatic carbocycles. The van der Waals surface area contributed by atoms with Crippen molar-refractivity contribution in [2.24, 2.45) is 5.73 Å². The van der Waals surface area contributed by atoms with Gasteiger partial charge in [0.2, 0.25) is 0 Å². The predicted octanol–water partition coefficient (Wildman–Crippen LogP) is 1.08. The average molecular weight is 250 g/mol. The Balaban J connectivity index is 2.67. The summed E-state index contributed by atoms with van der Waals surface area (Å²) in [6, 6.07) is 7.44. The molecule has 1 amide bonds. The van der Waals surface area contributed by atoms with Crippen molar-refractivity contribution in [1.82, 2.24) is 5.32 Å². The summed E-state index contributed by atoms with van der Waals surface area (Å²) in [6.45, 7) is 4.45. The Morgan fingerprint density at radius 3 is 2.44 bits per heavy atom. The highest BCUT2D eigenvalue weighted by atomic mass is 16.3. The molecule has 0 aliphatic carbocycles. The van der Waals surface area contributed by atoms with Crippen molar-refractivity contribution < 1.29 is 9.90 Å². The van der Waals surface area contributed by atoms with Gasteiger partial charge in [-0.1, -0.05) is 12.1 Å². The largest absolute Gasteiger partial charge is 0.396 e.